The van der Waals surface area contributed by atoms with Crippen molar-refractivity contribution in [3.05, 3.63) is 41.6 Å². The van der Waals surface area contributed by atoms with Gasteiger partial charge in [-0.1, -0.05) is 12.7 Å². The Morgan fingerprint density at radius 1 is 1.53 bits per heavy atom. The predicted octanol–water partition coefficient (Wildman–Crippen LogP) is 1.46. The molecule has 2 aliphatic rings. The van der Waals surface area contributed by atoms with Crippen molar-refractivity contribution in [2.45, 2.75) is 11.7 Å². The van der Waals surface area contributed by atoms with E-state index >= 15 is 0 Å². The Bertz CT molecular complexity index is 539. The Hall–Kier alpha value is -1.62. The van der Waals surface area contributed by atoms with Gasteiger partial charge < -0.3 is 5.32 Å². The summed E-state index contributed by atoms with van der Waals surface area (Å²) in [6.07, 6.45) is 6.73. The number of carbonyl (C=O) groups excluding carboxylic acids is 1. The molecule has 1 unspecified atom stereocenters. The van der Waals surface area contributed by atoms with E-state index < -0.39 is 0 Å². The van der Waals surface area contributed by atoms with Gasteiger partial charge in [-0.25, -0.2) is 9.97 Å². The second-order valence-corrected chi connectivity index (χ2v) is 5.12. The number of fused-ring (bicyclic) bond motifs is 1. The number of nitrogens with one attached hydrogen (secondary N) is 1. The van der Waals surface area contributed by atoms with E-state index in [0.29, 0.717) is 11.6 Å². The van der Waals surface area contributed by atoms with Crippen LogP contribution in [0.2, 0.25) is 0 Å². The van der Waals surface area contributed by atoms with E-state index in [0.717, 1.165) is 23.4 Å². The molecule has 1 aromatic rings. The van der Waals surface area contributed by atoms with Gasteiger partial charge in [0.15, 0.2) is 5.82 Å². The molecule has 1 aliphatic heterocycles. The van der Waals surface area contributed by atoms with E-state index in [9.17, 15) is 4.79 Å². The second kappa shape index (κ2) is 4.00. The third kappa shape index (κ3) is 1.86. The molecule has 3 rings (SSSR count). The number of carbonyl (C=O) groups is 1. The highest BCUT2D eigenvalue weighted by atomic mass is 32.2. The molecule has 5 heteroatoms. The molecular weight excluding hydrogens is 234 g/mol. The van der Waals surface area contributed by atoms with Crippen molar-refractivity contribution in [3.8, 4) is 0 Å². The first-order valence-corrected chi connectivity index (χ1v) is 6.41. The molecule has 1 amide bonds. The molecule has 17 heavy (non-hydrogen) atoms. The molecule has 0 aromatic carbocycles. The van der Waals surface area contributed by atoms with Crippen LogP contribution in [0.25, 0.3) is 6.08 Å². The summed E-state index contributed by atoms with van der Waals surface area (Å²) in [7, 11) is 0. The van der Waals surface area contributed by atoms with Crippen LogP contribution in [0, 0.1) is 0 Å². The van der Waals surface area contributed by atoms with Crippen LogP contribution in [-0.2, 0) is 11.2 Å². The molecule has 0 spiro atoms. The van der Waals surface area contributed by atoms with Gasteiger partial charge in [-0.3, -0.25) is 4.79 Å². The first-order chi connectivity index (χ1) is 8.24. The number of nitrogens with zero attached hydrogens (tertiary/aromatic N) is 2. The summed E-state index contributed by atoms with van der Waals surface area (Å²) in [5.74, 6) is 1.23. The van der Waals surface area contributed by atoms with Crippen molar-refractivity contribution >= 4 is 23.7 Å². The zero-order chi connectivity index (χ0) is 11.8. The van der Waals surface area contributed by atoms with Crippen LogP contribution in [0.4, 0.5) is 0 Å². The van der Waals surface area contributed by atoms with Gasteiger partial charge >= 0.3 is 0 Å². The zero-order valence-corrected chi connectivity index (χ0v) is 9.96. The number of allylic oxidation sites excluding steroid dienone is 1. The lowest BCUT2D eigenvalue weighted by molar-refractivity contribution is -0.120. The number of aromatic nitrogens is 2. The largest absolute Gasteiger partial charge is 0.328 e. The van der Waals surface area contributed by atoms with Gasteiger partial charge in [-0.2, -0.15) is 0 Å². The molecular formula is C12H11N3OS. The highest BCUT2D eigenvalue weighted by Gasteiger charge is 2.29. The minimum absolute atomic E-state index is 0.0758. The number of rotatable bonds is 1. The maximum absolute atomic E-state index is 11.8. The van der Waals surface area contributed by atoms with Crippen molar-refractivity contribution in [3.63, 3.8) is 0 Å². The summed E-state index contributed by atoms with van der Waals surface area (Å²) in [6.45, 7) is 3.75. The molecule has 4 nitrogen and oxygen atoms in total. The van der Waals surface area contributed by atoms with Crippen LogP contribution in [0.15, 0.2) is 24.5 Å². The van der Waals surface area contributed by atoms with Crippen molar-refractivity contribution in [1.29, 1.82) is 0 Å². The minimum Gasteiger partial charge on any atom is -0.328 e. The van der Waals surface area contributed by atoms with E-state index in [-0.39, 0.29) is 11.2 Å². The maximum atomic E-state index is 11.8. The quantitative estimate of drug-likeness (QED) is 0.814. The van der Waals surface area contributed by atoms with Gasteiger partial charge in [0.05, 0.1) is 5.69 Å². The fourth-order valence-electron chi connectivity index (χ4n) is 1.89. The van der Waals surface area contributed by atoms with Gasteiger partial charge in [-0.15, -0.1) is 11.8 Å². The Kier molecular flexibility index (Phi) is 2.48. The molecule has 0 radical (unpaired) electrons. The predicted molar refractivity (Wildman–Crippen MR) is 67.3 cm³/mol. The van der Waals surface area contributed by atoms with E-state index in [4.69, 9.17) is 0 Å². The van der Waals surface area contributed by atoms with E-state index in [1.54, 1.807) is 0 Å². The number of hydrogen-bond donors (Lipinski definition) is 1. The fourth-order valence-corrected chi connectivity index (χ4v) is 2.80. The standard InChI is InChI=1S/C12H11N3OS/c1-7-6-17-10(12(16)14-7)11-13-5-8-3-2-4-9(8)15-11/h2,4-5,10H,1,3,6H2,(H,14,16). The van der Waals surface area contributed by atoms with Crippen LogP contribution in [-0.4, -0.2) is 21.6 Å². The van der Waals surface area contributed by atoms with Crippen LogP contribution >= 0.6 is 11.8 Å². The Morgan fingerprint density at radius 3 is 3.24 bits per heavy atom. The molecule has 1 N–H and O–H groups in total. The van der Waals surface area contributed by atoms with Gasteiger partial charge in [-0.05, 0) is 18.1 Å². The zero-order valence-electron chi connectivity index (χ0n) is 9.14. The molecule has 86 valence electrons. The van der Waals surface area contributed by atoms with Crippen molar-refractivity contribution in [1.82, 2.24) is 15.3 Å². The lowest BCUT2D eigenvalue weighted by Crippen LogP contribution is -2.33. The summed E-state index contributed by atoms with van der Waals surface area (Å²) in [5.41, 5.74) is 2.81. The molecule has 1 fully saturated rings. The topological polar surface area (TPSA) is 54.9 Å². The second-order valence-electron chi connectivity index (χ2n) is 4.03. The molecule has 1 atom stereocenters. The third-order valence-corrected chi connectivity index (χ3v) is 4.00. The fraction of sp³-hybridized carbons (Fsp3) is 0.250. The smallest absolute Gasteiger partial charge is 0.245 e. The van der Waals surface area contributed by atoms with Crippen LogP contribution in [0.3, 0.4) is 0 Å². The van der Waals surface area contributed by atoms with E-state index in [1.165, 1.54) is 11.8 Å². The van der Waals surface area contributed by atoms with Crippen LogP contribution in [0.1, 0.15) is 22.3 Å². The lowest BCUT2D eigenvalue weighted by Gasteiger charge is -2.22. The Balaban J connectivity index is 1.91. The van der Waals surface area contributed by atoms with E-state index in [1.807, 2.05) is 12.3 Å². The normalized spacial score (nSPS) is 22.5. The van der Waals surface area contributed by atoms with E-state index in [2.05, 4.69) is 27.9 Å². The number of thioether (sulfide) groups is 1. The summed E-state index contributed by atoms with van der Waals surface area (Å²) >= 11 is 1.52. The van der Waals surface area contributed by atoms with Gasteiger partial charge in [0, 0.05) is 17.6 Å². The summed E-state index contributed by atoms with van der Waals surface area (Å²) in [4.78, 5) is 20.5. The molecule has 1 saturated heterocycles. The minimum atomic E-state index is -0.320. The first kappa shape index (κ1) is 10.5. The van der Waals surface area contributed by atoms with Gasteiger partial charge in [0.2, 0.25) is 5.91 Å². The summed E-state index contributed by atoms with van der Waals surface area (Å²) in [6, 6.07) is 0. The molecule has 2 heterocycles. The average molecular weight is 245 g/mol. The highest BCUT2D eigenvalue weighted by molar-refractivity contribution is 8.00. The van der Waals surface area contributed by atoms with Gasteiger partial charge in [0.25, 0.3) is 0 Å². The lowest BCUT2D eigenvalue weighted by atomic mass is 10.2. The molecule has 1 aliphatic carbocycles. The van der Waals surface area contributed by atoms with Crippen LogP contribution in [0.5, 0.6) is 0 Å². The SMILES string of the molecule is C=C1CSC(c2ncc3c(n2)C=CC3)C(=O)N1. The highest BCUT2D eigenvalue weighted by Crippen LogP contribution is 2.32. The third-order valence-electron chi connectivity index (χ3n) is 2.73. The van der Waals surface area contributed by atoms with Crippen LogP contribution < -0.4 is 5.32 Å². The number of hydrogen-bond acceptors (Lipinski definition) is 4. The molecule has 1 aromatic heterocycles. The van der Waals surface area contributed by atoms with Gasteiger partial charge in [0.1, 0.15) is 5.25 Å². The molecule has 0 saturated carbocycles. The monoisotopic (exact) mass is 245 g/mol. The Labute approximate surface area is 103 Å². The maximum Gasteiger partial charge on any atom is 0.245 e. The number of amides is 1. The van der Waals surface area contributed by atoms with Crippen molar-refractivity contribution in [2.24, 2.45) is 0 Å². The summed E-state index contributed by atoms with van der Waals surface area (Å²) in [5, 5.41) is 2.42. The average Bonchev–Trinajstić information content (AvgIpc) is 2.75. The van der Waals surface area contributed by atoms with Crippen molar-refractivity contribution in [2.75, 3.05) is 5.75 Å². The summed E-state index contributed by atoms with van der Waals surface area (Å²) < 4.78 is 0. The van der Waals surface area contributed by atoms with Crippen molar-refractivity contribution < 1.29 is 4.79 Å². The molecule has 0 bridgehead atoms. The Morgan fingerprint density at radius 2 is 2.41 bits per heavy atom. The first-order valence-electron chi connectivity index (χ1n) is 5.36.